The molecule has 0 amide bonds. The number of anilines is 1. The van der Waals surface area contributed by atoms with Gasteiger partial charge in [0, 0.05) is 0 Å². The Balaban J connectivity index is 2.56. The molecule has 0 aromatic carbocycles. The van der Waals surface area contributed by atoms with E-state index < -0.39 is 0 Å². The number of hydrogen-bond acceptors (Lipinski definition) is 6. The quantitative estimate of drug-likeness (QED) is 0.548. The molecule has 3 aromatic rings. The molecule has 3 aromatic heterocycles. The summed E-state index contributed by atoms with van der Waals surface area (Å²) in [4.78, 5) is 16.5. The molecule has 0 aliphatic heterocycles. The van der Waals surface area contributed by atoms with Crippen LogP contribution in [-0.4, -0.2) is 29.5 Å². The van der Waals surface area contributed by atoms with Crippen LogP contribution in [0.3, 0.4) is 0 Å². The highest BCUT2D eigenvalue weighted by molar-refractivity contribution is 5.84. The second kappa shape index (κ2) is 2.59. The van der Waals surface area contributed by atoms with E-state index in [9.17, 15) is 0 Å². The Morgan fingerprint density at radius 1 is 1.27 bits per heavy atom. The zero-order chi connectivity index (χ0) is 10.4. The summed E-state index contributed by atoms with van der Waals surface area (Å²) in [7, 11) is 0. The molecule has 7 heteroatoms. The van der Waals surface area contributed by atoms with Gasteiger partial charge in [0.25, 0.3) is 0 Å². The van der Waals surface area contributed by atoms with Crippen molar-refractivity contribution in [1.29, 1.82) is 0 Å². The first-order valence-electron chi connectivity index (χ1n) is 4.34. The Labute approximate surface area is 84.0 Å². The van der Waals surface area contributed by atoms with Crippen molar-refractivity contribution in [3.63, 3.8) is 0 Å². The molecule has 0 aliphatic carbocycles. The zero-order valence-corrected chi connectivity index (χ0v) is 7.92. The number of aryl methyl sites for hydroxylation is 1. The first kappa shape index (κ1) is 8.04. The summed E-state index contributed by atoms with van der Waals surface area (Å²) in [6.45, 7) is 1.80. The van der Waals surface area contributed by atoms with Crippen LogP contribution in [0.15, 0.2) is 12.5 Å². The lowest BCUT2D eigenvalue weighted by Gasteiger charge is -1.97. The van der Waals surface area contributed by atoms with Crippen LogP contribution < -0.4 is 5.73 Å². The van der Waals surface area contributed by atoms with Crippen LogP contribution in [0.25, 0.3) is 16.8 Å². The minimum Gasteiger partial charge on any atom is -0.382 e. The Bertz CT molecular complexity index is 656. The molecular formula is C8H7N7. The largest absolute Gasteiger partial charge is 0.382 e. The molecular weight excluding hydrogens is 194 g/mol. The van der Waals surface area contributed by atoms with Gasteiger partial charge in [0.05, 0.1) is 6.20 Å². The van der Waals surface area contributed by atoms with E-state index in [1.165, 1.54) is 6.20 Å². The average molecular weight is 201 g/mol. The number of nitrogens with zero attached hydrogens (tertiary/aromatic N) is 6. The molecule has 7 nitrogen and oxygen atoms in total. The van der Waals surface area contributed by atoms with Gasteiger partial charge in [0.15, 0.2) is 16.8 Å². The summed E-state index contributed by atoms with van der Waals surface area (Å²) < 4.78 is 1.56. The van der Waals surface area contributed by atoms with Gasteiger partial charge in [-0.15, -0.1) is 0 Å². The van der Waals surface area contributed by atoms with Gasteiger partial charge in [-0.05, 0) is 6.92 Å². The maximum atomic E-state index is 5.56. The molecule has 3 heterocycles. The summed E-state index contributed by atoms with van der Waals surface area (Å²) in [6, 6.07) is 0. The molecule has 0 radical (unpaired) electrons. The summed E-state index contributed by atoms with van der Waals surface area (Å²) in [6.07, 6.45) is 3.03. The second-order valence-electron chi connectivity index (χ2n) is 3.14. The van der Waals surface area contributed by atoms with E-state index in [1.54, 1.807) is 17.8 Å². The van der Waals surface area contributed by atoms with Crippen LogP contribution in [0.4, 0.5) is 5.82 Å². The minimum absolute atomic E-state index is 0.345. The standard InChI is InChI=1S/C8H7N7/c1-4-12-8-6-7(10-2-5(9)13-6)11-3-15(8)14-4/h2-3H,1H3,(H2,9,13). The summed E-state index contributed by atoms with van der Waals surface area (Å²) in [5.74, 6) is 1.01. The predicted octanol–water partition coefficient (Wildman–Crippen LogP) is -0.0419. The maximum absolute atomic E-state index is 5.56. The van der Waals surface area contributed by atoms with E-state index in [2.05, 4.69) is 25.0 Å². The van der Waals surface area contributed by atoms with Gasteiger partial charge in [-0.25, -0.2) is 19.9 Å². The molecule has 3 rings (SSSR count). The lowest BCUT2D eigenvalue weighted by Crippen LogP contribution is -1.98. The second-order valence-corrected chi connectivity index (χ2v) is 3.14. The topological polar surface area (TPSA) is 94.9 Å². The van der Waals surface area contributed by atoms with Crippen molar-refractivity contribution >= 4 is 22.6 Å². The van der Waals surface area contributed by atoms with E-state index >= 15 is 0 Å². The number of aromatic nitrogens is 6. The lowest BCUT2D eigenvalue weighted by molar-refractivity contribution is 0.904. The van der Waals surface area contributed by atoms with Gasteiger partial charge in [0.1, 0.15) is 18.0 Å². The van der Waals surface area contributed by atoms with Crippen molar-refractivity contribution in [2.24, 2.45) is 0 Å². The molecule has 0 bridgehead atoms. The average Bonchev–Trinajstić information content (AvgIpc) is 2.58. The van der Waals surface area contributed by atoms with Gasteiger partial charge in [-0.2, -0.15) is 9.61 Å². The first-order valence-corrected chi connectivity index (χ1v) is 4.34. The molecule has 0 atom stereocenters. The van der Waals surface area contributed by atoms with Crippen molar-refractivity contribution < 1.29 is 0 Å². The van der Waals surface area contributed by atoms with E-state index in [0.29, 0.717) is 28.5 Å². The van der Waals surface area contributed by atoms with Crippen LogP contribution in [0.5, 0.6) is 0 Å². The highest BCUT2D eigenvalue weighted by Crippen LogP contribution is 2.12. The number of nitrogen functional groups attached to an aromatic ring is 1. The first-order chi connectivity index (χ1) is 7.24. The van der Waals surface area contributed by atoms with Crippen LogP contribution in [0, 0.1) is 6.92 Å². The molecule has 0 saturated heterocycles. The number of hydrogen-bond donors (Lipinski definition) is 1. The molecule has 2 N–H and O–H groups in total. The van der Waals surface area contributed by atoms with E-state index in [1.807, 2.05) is 0 Å². The molecule has 0 aliphatic rings. The monoisotopic (exact) mass is 201 g/mol. The molecule has 0 fully saturated rings. The van der Waals surface area contributed by atoms with Crippen molar-refractivity contribution in [2.75, 3.05) is 5.73 Å². The fourth-order valence-corrected chi connectivity index (χ4v) is 1.42. The van der Waals surface area contributed by atoms with Gasteiger partial charge in [-0.3, -0.25) is 0 Å². The van der Waals surface area contributed by atoms with Gasteiger partial charge in [-0.1, -0.05) is 0 Å². The van der Waals surface area contributed by atoms with Gasteiger partial charge >= 0.3 is 0 Å². The van der Waals surface area contributed by atoms with Crippen molar-refractivity contribution in [2.45, 2.75) is 6.92 Å². The van der Waals surface area contributed by atoms with E-state index in [0.717, 1.165) is 0 Å². The fraction of sp³-hybridized carbons (Fsp3) is 0.125. The highest BCUT2D eigenvalue weighted by atomic mass is 15.3. The zero-order valence-electron chi connectivity index (χ0n) is 7.92. The van der Waals surface area contributed by atoms with Crippen LogP contribution >= 0.6 is 0 Å². The number of nitrogens with two attached hydrogens (primary N) is 1. The van der Waals surface area contributed by atoms with Crippen molar-refractivity contribution in [1.82, 2.24) is 29.5 Å². The van der Waals surface area contributed by atoms with E-state index in [-0.39, 0.29) is 0 Å². The van der Waals surface area contributed by atoms with Gasteiger partial charge in [0.2, 0.25) is 0 Å². The SMILES string of the molecule is Cc1nc2c3nc(N)cnc3ncn2n1. The maximum Gasteiger partial charge on any atom is 0.186 e. The summed E-state index contributed by atoms with van der Waals surface area (Å²) in [5, 5.41) is 4.13. The van der Waals surface area contributed by atoms with Crippen LogP contribution in [0.1, 0.15) is 5.82 Å². The molecule has 0 spiro atoms. The third-order valence-corrected chi connectivity index (χ3v) is 2.01. The number of fused-ring (bicyclic) bond motifs is 3. The van der Waals surface area contributed by atoms with Crippen molar-refractivity contribution in [3.8, 4) is 0 Å². The summed E-state index contributed by atoms with van der Waals surface area (Å²) >= 11 is 0. The number of rotatable bonds is 0. The third-order valence-electron chi connectivity index (χ3n) is 2.01. The Morgan fingerprint density at radius 3 is 3.00 bits per heavy atom. The Hall–Kier alpha value is -2.31. The Morgan fingerprint density at radius 2 is 2.13 bits per heavy atom. The summed E-state index contributed by atoms with van der Waals surface area (Å²) in [5.41, 5.74) is 7.27. The molecule has 74 valence electrons. The molecule has 0 saturated carbocycles. The smallest absolute Gasteiger partial charge is 0.186 e. The van der Waals surface area contributed by atoms with Crippen molar-refractivity contribution in [3.05, 3.63) is 18.3 Å². The van der Waals surface area contributed by atoms with E-state index in [4.69, 9.17) is 5.73 Å². The third kappa shape index (κ3) is 1.09. The predicted molar refractivity (Wildman–Crippen MR) is 53.0 cm³/mol. The minimum atomic E-state index is 0.345. The molecule has 15 heavy (non-hydrogen) atoms. The normalized spacial score (nSPS) is 11.3. The fourth-order valence-electron chi connectivity index (χ4n) is 1.42. The Kier molecular flexibility index (Phi) is 1.39. The highest BCUT2D eigenvalue weighted by Gasteiger charge is 2.08. The molecule has 0 unspecified atom stereocenters. The van der Waals surface area contributed by atoms with Crippen LogP contribution in [0.2, 0.25) is 0 Å². The van der Waals surface area contributed by atoms with Crippen LogP contribution in [-0.2, 0) is 0 Å². The van der Waals surface area contributed by atoms with Gasteiger partial charge < -0.3 is 5.73 Å². The lowest BCUT2D eigenvalue weighted by atomic mass is 10.5.